The van der Waals surface area contributed by atoms with E-state index in [2.05, 4.69) is 4.90 Å². The van der Waals surface area contributed by atoms with Gasteiger partial charge in [-0.05, 0) is 65.9 Å². The van der Waals surface area contributed by atoms with E-state index in [1.807, 2.05) is 18.4 Å². The number of halogens is 4. The smallest absolute Gasteiger partial charge is 0.379 e. The average Bonchev–Trinajstić information content (AvgIpc) is 3.35. The molecule has 0 bridgehead atoms. The van der Waals surface area contributed by atoms with Crippen LogP contribution in [0.1, 0.15) is 31.9 Å². The largest absolute Gasteiger partial charge is 0.416 e. The van der Waals surface area contributed by atoms with E-state index in [4.69, 9.17) is 4.74 Å². The number of amides is 2. The first-order valence-electron chi connectivity index (χ1n) is 12.9. The van der Waals surface area contributed by atoms with Gasteiger partial charge >= 0.3 is 6.18 Å². The van der Waals surface area contributed by atoms with Gasteiger partial charge in [0.1, 0.15) is 12.4 Å². The number of carbonyl (C=O) groups excluding carboxylic acids is 2. The van der Waals surface area contributed by atoms with E-state index < -0.39 is 17.6 Å². The first kappa shape index (κ1) is 29.7. The van der Waals surface area contributed by atoms with E-state index in [9.17, 15) is 27.2 Å². The van der Waals surface area contributed by atoms with Crippen molar-refractivity contribution in [3.8, 4) is 0 Å². The second kappa shape index (κ2) is 13.4. The van der Waals surface area contributed by atoms with E-state index in [1.54, 1.807) is 17.0 Å². The summed E-state index contributed by atoms with van der Waals surface area (Å²) in [5, 5.41) is 1.94. The maximum atomic E-state index is 13.7. The number of nitrogens with zero attached hydrogens (tertiary/aromatic N) is 3. The highest BCUT2D eigenvalue weighted by atomic mass is 32.1. The number of benzene rings is 2. The van der Waals surface area contributed by atoms with Crippen molar-refractivity contribution in [3.05, 3.63) is 92.9 Å². The van der Waals surface area contributed by atoms with Gasteiger partial charge in [0.15, 0.2) is 0 Å². The summed E-state index contributed by atoms with van der Waals surface area (Å²) in [5.74, 6) is -1.23. The molecular weight excluding hydrogens is 546 g/mol. The lowest BCUT2D eigenvalue weighted by Gasteiger charge is -2.31. The molecule has 0 spiro atoms. The number of alkyl halides is 3. The fourth-order valence-electron chi connectivity index (χ4n) is 4.37. The zero-order valence-corrected chi connectivity index (χ0v) is 22.9. The highest BCUT2D eigenvalue weighted by molar-refractivity contribution is 7.10. The van der Waals surface area contributed by atoms with E-state index >= 15 is 0 Å². The molecule has 1 aliphatic rings. The molecule has 1 aliphatic heterocycles. The van der Waals surface area contributed by atoms with Gasteiger partial charge in [-0.1, -0.05) is 12.1 Å². The van der Waals surface area contributed by atoms with E-state index in [1.165, 1.54) is 28.4 Å². The first-order valence-corrected chi connectivity index (χ1v) is 13.8. The third-order valence-electron chi connectivity index (χ3n) is 6.80. The molecule has 2 heterocycles. The summed E-state index contributed by atoms with van der Waals surface area (Å²) >= 11 is 1.52. The van der Waals surface area contributed by atoms with Gasteiger partial charge in [0.05, 0.1) is 25.3 Å². The lowest BCUT2D eigenvalue weighted by atomic mass is 10.1. The van der Waals surface area contributed by atoms with Crippen LogP contribution >= 0.6 is 11.3 Å². The Labute approximate surface area is 234 Å². The van der Waals surface area contributed by atoms with Crippen LogP contribution in [0.15, 0.2) is 60.0 Å². The molecule has 1 saturated heterocycles. The Morgan fingerprint density at radius 1 is 0.950 bits per heavy atom. The molecule has 4 rings (SSSR count). The summed E-state index contributed by atoms with van der Waals surface area (Å²) in [5.41, 5.74) is 0.989. The molecule has 1 fully saturated rings. The Morgan fingerprint density at radius 3 is 2.23 bits per heavy atom. The minimum atomic E-state index is -4.52. The zero-order valence-electron chi connectivity index (χ0n) is 22.1. The summed E-state index contributed by atoms with van der Waals surface area (Å²) in [6.45, 7) is 5.43. The molecule has 40 heavy (non-hydrogen) atoms. The minimum Gasteiger partial charge on any atom is -0.379 e. The standard InChI is InChI=1S/C29H31F4N3O3S/c1-21-10-17-40-26(21)19-36(18-22-2-8-25(30)9-3-22)27(37)20-35(12-11-34-13-15-39-16-14-34)28(38)23-4-6-24(7-5-23)29(31,32)33/h2-10,17H,11-16,18-20H2,1H3. The van der Waals surface area contributed by atoms with Crippen LogP contribution in [-0.2, 0) is 28.8 Å². The van der Waals surface area contributed by atoms with Crippen molar-refractivity contribution in [2.24, 2.45) is 0 Å². The van der Waals surface area contributed by atoms with Crippen molar-refractivity contribution < 1.29 is 31.9 Å². The van der Waals surface area contributed by atoms with Gasteiger partial charge in [-0.25, -0.2) is 4.39 Å². The summed E-state index contributed by atoms with van der Waals surface area (Å²) in [4.78, 5) is 33.3. The average molecular weight is 578 g/mol. The summed E-state index contributed by atoms with van der Waals surface area (Å²) in [7, 11) is 0. The van der Waals surface area contributed by atoms with Crippen LogP contribution in [0.3, 0.4) is 0 Å². The molecule has 0 aliphatic carbocycles. The van der Waals surface area contributed by atoms with Gasteiger partial charge in [0.2, 0.25) is 5.91 Å². The second-order valence-electron chi connectivity index (χ2n) is 9.66. The Morgan fingerprint density at radius 2 is 1.62 bits per heavy atom. The molecular formula is C29H31F4N3O3S. The number of aryl methyl sites for hydroxylation is 1. The minimum absolute atomic E-state index is 0.0713. The molecule has 214 valence electrons. The lowest BCUT2D eigenvalue weighted by Crippen LogP contribution is -2.47. The number of morpholine rings is 1. The van der Waals surface area contributed by atoms with Crippen LogP contribution in [0.25, 0.3) is 0 Å². The molecule has 1 aromatic heterocycles. The molecule has 2 aromatic carbocycles. The molecule has 2 amide bonds. The van der Waals surface area contributed by atoms with Crippen LogP contribution in [0.4, 0.5) is 17.6 Å². The number of hydrogen-bond acceptors (Lipinski definition) is 5. The monoisotopic (exact) mass is 577 g/mol. The highest BCUT2D eigenvalue weighted by Gasteiger charge is 2.31. The number of carbonyl (C=O) groups is 2. The first-order chi connectivity index (χ1) is 19.1. The zero-order chi connectivity index (χ0) is 28.7. The molecule has 11 heteroatoms. The van der Waals surface area contributed by atoms with E-state index in [0.29, 0.717) is 39.4 Å². The van der Waals surface area contributed by atoms with Crippen LogP contribution < -0.4 is 0 Å². The van der Waals surface area contributed by atoms with Crippen LogP contribution in [0.2, 0.25) is 0 Å². The Balaban J connectivity index is 1.55. The SMILES string of the molecule is Cc1ccsc1CN(Cc1ccc(F)cc1)C(=O)CN(CCN1CCOCC1)C(=O)c1ccc(C(F)(F)F)cc1. The molecule has 0 N–H and O–H groups in total. The molecule has 0 atom stereocenters. The van der Waals surface area contributed by atoms with Crippen LogP contribution in [0, 0.1) is 12.7 Å². The number of rotatable bonds is 10. The Bertz CT molecular complexity index is 1270. The van der Waals surface area contributed by atoms with E-state index in [-0.39, 0.29) is 36.9 Å². The van der Waals surface area contributed by atoms with Gasteiger partial charge < -0.3 is 14.5 Å². The number of ether oxygens (including phenoxy) is 1. The molecule has 0 unspecified atom stereocenters. The van der Waals surface area contributed by atoms with Crippen LogP contribution in [0.5, 0.6) is 0 Å². The lowest BCUT2D eigenvalue weighted by molar-refractivity contribution is -0.137. The summed E-state index contributed by atoms with van der Waals surface area (Å²) in [6.07, 6.45) is -4.52. The summed E-state index contributed by atoms with van der Waals surface area (Å²) < 4.78 is 58.1. The molecule has 0 radical (unpaired) electrons. The fourth-order valence-corrected chi connectivity index (χ4v) is 5.29. The highest BCUT2D eigenvalue weighted by Crippen LogP contribution is 2.29. The van der Waals surface area contributed by atoms with Gasteiger partial charge in [0, 0.05) is 43.2 Å². The maximum Gasteiger partial charge on any atom is 0.416 e. The van der Waals surface area contributed by atoms with Crippen LogP contribution in [-0.4, -0.2) is 72.5 Å². The van der Waals surface area contributed by atoms with Gasteiger partial charge in [-0.2, -0.15) is 13.2 Å². The Kier molecular flexibility index (Phi) is 9.94. The number of thiophene rings is 1. The molecule has 0 saturated carbocycles. The predicted octanol–water partition coefficient (Wildman–Crippen LogP) is 5.22. The molecule has 6 nitrogen and oxygen atoms in total. The van der Waals surface area contributed by atoms with Gasteiger partial charge in [-0.15, -0.1) is 11.3 Å². The number of hydrogen-bond donors (Lipinski definition) is 0. The third kappa shape index (κ3) is 8.12. The quantitative estimate of drug-likeness (QED) is 0.310. The summed E-state index contributed by atoms with van der Waals surface area (Å²) in [6, 6.07) is 11.9. The van der Waals surface area contributed by atoms with Crippen molar-refractivity contribution in [2.45, 2.75) is 26.2 Å². The topological polar surface area (TPSA) is 53.1 Å². The normalized spacial score (nSPS) is 14.2. The van der Waals surface area contributed by atoms with Crippen molar-refractivity contribution in [1.29, 1.82) is 0 Å². The van der Waals surface area contributed by atoms with Gasteiger partial charge in [0.25, 0.3) is 5.91 Å². The van der Waals surface area contributed by atoms with E-state index in [0.717, 1.165) is 40.3 Å². The molecule has 3 aromatic rings. The second-order valence-corrected chi connectivity index (χ2v) is 10.7. The van der Waals surface area contributed by atoms with Crippen molar-refractivity contribution >= 4 is 23.2 Å². The van der Waals surface area contributed by atoms with Crippen molar-refractivity contribution in [1.82, 2.24) is 14.7 Å². The fraction of sp³-hybridized carbons (Fsp3) is 0.379. The predicted molar refractivity (Wildman–Crippen MR) is 144 cm³/mol. The van der Waals surface area contributed by atoms with Gasteiger partial charge in [-0.3, -0.25) is 14.5 Å². The van der Waals surface area contributed by atoms with Crippen molar-refractivity contribution in [2.75, 3.05) is 45.9 Å². The third-order valence-corrected chi connectivity index (χ3v) is 7.81. The maximum absolute atomic E-state index is 13.7. The van der Waals surface area contributed by atoms with Crippen molar-refractivity contribution in [3.63, 3.8) is 0 Å². The Hall–Kier alpha value is -3.28.